The van der Waals surface area contributed by atoms with Crippen LogP contribution in [0.15, 0.2) is 59.1 Å². The molecule has 1 aliphatic rings. The predicted octanol–water partition coefficient (Wildman–Crippen LogP) is 4.56. The Kier molecular flexibility index (Phi) is 6.02. The normalized spacial score (nSPS) is 13.8. The first-order valence-corrected chi connectivity index (χ1v) is 10.3. The maximum absolute atomic E-state index is 12.6. The molecule has 4 rings (SSSR count). The van der Waals surface area contributed by atoms with Gasteiger partial charge in [0.2, 0.25) is 5.91 Å². The van der Waals surface area contributed by atoms with Crippen molar-refractivity contribution < 1.29 is 18.7 Å². The summed E-state index contributed by atoms with van der Waals surface area (Å²) in [5.74, 6) is 2.93. The number of nitrogens with one attached hydrogen (secondary N) is 1. The topological polar surface area (TPSA) is 73.6 Å². The van der Waals surface area contributed by atoms with Crippen molar-refractivity contribution in [3.63, 3.8) is 0 Å². The Hall–Kier alpha value is -3.28. The summed E-state index contributed by atoms with van der Waals surface area (Å²) in [4.78, 5) is 16.9. The molecule has 1 unspecified atom stereocenters. The van der Waals surface area contributed by atoms with E-state index in [-0.39, 0.29) is 17.9 Å². The predicted molar refractivity (Wildman–Crippen MR) is 113 cm³/mol. The van der Waals surface area contributed by atoms with E-state index in [1.165, 1.54) is 0 Å². The molecule has 0 aliphatic carbocycles. The van der Waals surface area contributed by atoms with E-state index < -0.39 is 0 Å². The molecule has 1 aromatic heterocycles. The van der Waals surface area contributed by atoms with Crippen LogP contribution in [0.4, 0.5) is 0 Å². The number of ether oxygens (including phenoxy) is 2. The molecule has 30 heavy (non-hydrogen) atoms. The fraction of sp³-hybridized carbons (Fsp3) is 0.333. The molecule has 2 aromatic carbocycles. The number of hydrogen-bond acceptors (Lipinski definition) is 5. The van der Waals surface area contributed by atoms with Crippen LogP contribution in [0.5, 0.6) is 11.5 Å². The average molecular weight is 406 g/mol. The van der Waals surface area contributed by atoms with Crippen molar-refractivity contribution in [2.24, 2.45) is 5.92 Å². The van der Waals surface area contributed by atoms with Gasteiger partial charge in [-0.15, -0.1) is 0 Å². The third-order valence-electron chi connectivity index (χ3n) is 5.09. The van der Waals surface area contributed by atoms with Gasteiger partial charge in [-0.3, -0.25) is 4.79 Å². The number of fused-ring (bicyclic) bond motifs is 1. The average Bonchev–Trinajstić information content (AvgIpc) is 3.25. The fourth-order valence-corrected chi connectivity index (χ4v) is 3.52. The van der Waals surface area contributed by atoms with Crippen molar-refractivity contribution >= 4 is 5.91 Å². The second-order valence-electron chi connectivity index (χ2n) is 7.68. The van der Waals surface area contributed by atoms with Crippen LogP contribution in [-0.4, -0.2) is 24.1 Å². The first-order chi connectivity index (χ1) is 14.6. The largest absolute Gasteiger partial charge is 0.486 e. The number of hydrogen-bond donors (Lipinski definition) is 1. The van der Waals surface area contributed by atoms with Crippen LogP contribution >= 0.6 is 0 Å². The second-order valence-corrected chi connectivity index (χ2v) is 7.68. The number of rotatable bonds is 7. The van der Waals surface area contributed by atoms with Crippen LogP contribution in [0.25, 0.3) is 11.3 Å². The fourth-order valence-electron chi connectivity index (χ4n) is 3.52. The van der Waals surface area contributed by atoms with Crippen molar-refractivity contribution in [3.05, 3.63) is 66.2 Å². The van der Waals surface area contributed by atoms with Gasteiger partial charge >= 0.3 is 0 Å². The Morgan fingerprint density at radius 3 is 2.60 bits per heavy atom. The zero-order valence-electron chi connectivity index (χ0n) is 17.3. The van der Waals surface area contributed by atoms with Crippen LogP contribution in [0.1, 0.15) is 37.8 Å². The van der Waals surface area contributed by atoms with E-state index in [2.05, 4.69) is 24.1 Å². The highest BCUT2D eigenvalue weighted by molar-refractivity contribution is 5.76. The summed E-state index contributed by atoms with van der Waals surface area (Å²) >= 11 is 0. The monoisotopic (exact) mass is 406 g/mol. The quantitative estimate of drug-likeness (QED) is 0.623. The molecule has 6 heteroatoms. The Morgan fingerprint density at radius 1 is 1.07 bits per heavy atom. The lowest BCUT2D eigenvalue weighted by Crippen LogP contribution is -2.32. The van der Waals surface area contributed by atoms with Crippen molar-refractivity contribution in [1.82, 2.24) is 10.3 Å². The minimum Gasteiger partial charge on any atom is -0.486 e. The lowest BCUT2D eigenvalue weighted by molar-refractivity contribution is -0.122. The summed E-state index contributed by atoms with van der Waals surface area (Å²) in [6, 6.07) is 15.5. The Morgan fingerprint density at radius 2 is 1.83 bits per heavy atom. The number of oxazole rings is 1. The molecular weight excluding hydrogens is 380 g/mol. The standard InChI is InChI=1S/C24H26N2O4/c1-16(2)24(18-8-9-19-20(14-18)29-13-12-28-19)26-22(27)10-11-23-25-15-21(30-23)17-6-4-3-5-7-17/h3-9,14-16,24H,10-13H2,1-2H3,(H,26,27). The molecule has 1 atom stereocenters. The molecular formula is C24H26N2O4. The van der Waals surface area contributed by atoms with E-state index in [0.717, 1.165) is 22.6 Å². The molecule has 0 fully saturated rings. The number of aryl methyl sites for hydroxylation is 1. The van der Waals surface area contributed by atoms with Crippen LogP contribution in [0.3, 0.4) is 0 Å². The van der Waals surface area contributed by atoms with Crippen LogP contribution < -0.4 is 14.8 Å². The number of amides is 1. The van der Waals surface area contributed by atoms with Gasteiger partial charge in [-0.2, -0.15) is 0 Å². The third kappa shape index (κ3) is 4.64. The number of aromatic nitrogens is 1. The summed E-state index contributed by atoms with van der Waals surface area (Å²) in [6.45, 7) is 5.27. The van der Waals surface area contributed by atoms with Gasteiger partial charge in [0.1, 0.15) is 13.2 Å². The highest BCUT2D eigenvalue weighted by atomic mass is 16.6. The SMILES string of the molecule is CC(C)C(NC(=O)CCc1ncc(-c2ccccc2)o1)c1ccc2c(c1)OCCO2. The molecule has 1 aliphatic heterocycles. The van der Waals surface area contributed by atoms with Crippen molar-refractivity contribution in [1.29, 1.82) is 0 Å². The summed E-state index contributed by atoms with van der Waals surface area (Å²) < 4.78 is 17.1. The smallest absolute Gasteiger partial charge is 0.221 e. The van der Waals surface area contributed by atoms with Gasteiger partial charge in [-0.1, -0.05) is 50.2 Å². The van der Waals surface area contributed by atoms with Crippen LogP contribution in [0.2, 0.25) is 0 Å². The molecule has 0 spiro atoms. The molecule has 0 saturated carbocycles. The van der Waals surface area contributed by atoms with Crippen molar-refractivity contribution in [3.8, 4) is 22.8 Å². The number of carbonyl (C=O) groups is 1. The number of nitrogens with zero attached hydrogens (tertiary/aromatic N) is 1. The van der Waals surface area contributed by atoms with Gasteiger partial charge < -0.3 is 19.2 Å². The molecule has 3 aromatic rings. The summed E-state index contributed by atoms with van der Waals surface area (Å²) in [5, 5.41) is 3.14. The minimum atomic E-state index is -0.113. The maximum Gasteiger partial charge on any atom is 0.221 e. The zero-order chi connectivity index (χ0) is 20.9. The minimum absolute atomic E-state index is 0.0388. The van der Waals surface area contributed by atoms with Gasteiger partial charge in [0.25, 0.3) is 0 Å². The van der Waals surface area contributed by atoms with Crippen molar-refractivity contribution in [2.45, 2.75) is 32.7 Å². The summed E-state index contributed by atoms with van der Waals surface area (Å²) in [5.41, 5.74) is 1.98. The van der Waals surface area contributed by atoms with Crippen LogP contribution in [0, 0.1) is 5.92 Å². The lowest BCUT2D eigenvalue weighted by Gasteiger charge is -2.25. The van der Waals surface area contributed by atoms with Gasteiger partial charge in [0.05, 0.1) is 12.2 Å². The zero-order valence-corrected chi connectivity index (χ0v) is 17.3. The third-order valence-corrected chi connectivity index (χ3v) is 5.09. The van der Waals surface area contributed by atoms with Gasteiger partial charge in [0.15, 0.2) is 23.1 Å². The molecule has 2 heterocycles. The van der Waals surface area contributed by atoms with Crippen molar-refractivity contribution in [2.75, 3.05) is 13.2 Å². The maximum atomic E-state index is 12.6. The van der Waals surface area contributed by atoms with Gasteiger partial charge in [-0.05, 0) is 23.6 Å². The Labute approximate surface area is 176 Å². The van der Waals surface area contributed by atoms with Gasteiger partial charge in [0, 0.05) is 18.4 Å². The molecule has 0 bridgehead atoms. The molecule has 0 saturated heterocycles. The van der Waals surface area contributed by atoms with Crippen LogP contribution in [-0.2, 0) is 11.2 Å². The van der Waals surface area contributed by atoms with E-state index in [4.69, 9.17) is 13.9 Å². The van der Waals surface area contributed by atoms with E-state index >= 15 is 0 Å². The van der Waals surface area contributed by atoms with E-state index in [9.17, 15) is 4.79 Å². The Bertz CT molecular complexity index is 997. The van der Waals surface area contributed by atoms with E-state index in [1.54, 1.807) is 6.20 Å². The number of carbonyl (C=O) groups excluding carboxylic acids is 1. The summed E-state index contributed by atoms with van der Waals surface area (Å²) in [6.07, 6.45) is 2.46. The lowest BCUT2D eigenvalue weighted by atomic mass is 9.95. The summed E-state index contributed by atoms with van der Waals surface area (Å²) in [7, 11) is 0. The van der Waals surface area contributed by atoms with E-state index in [0.29, 0.717) is 37.7 Å². The number of benzene rings is 2. The molecule has 1 amide bonds. The Balaban J connectivity index is 1.38. The van der Waals surface area contributed by atoms with E-state index in [1.807, 2.05) is 48.5 Å². The highest BCUT2D eigenvalue weighted by Gasteiger charge is 2.21. The molecule has 0 radical (unpaired) electrons. The van der Waals surface area contributed by atoms with Gasteiger partial charge in [-0.25, -0.2) is 4.98 Å². The second kappa shape index (κ2) is 9.03. The molecule has 6 nitrogen and oxygen atoms in total. The highest BCUT2D eigenvalue weighted by Crippen LogP contribution is 2.34. The first kappa shape index (κ1) is 20.0. The molecule has 156 valence electrons. The molecule has 1 N–H and O–H groups in total. The first-order valence-electron chi connectivity index (χ1n) is 10.3.